The summed E-state index contributed by atoms with van der Waals surface area (Å²) in [5.41, 5.74) is 6.35. The van der Waals surface area contributed by atoms with Crippen molar-refractivity contribution in [2.75, 3.05) is 0 Å². The third kappa shape index (κ3) is 2.82. The van der Waals surface area contributed by atoms with E-state index in [1.165, 1.54) is 6.07 Å². The van der Waals surface area contributed by atoms with Gasteiger partial charge in [0.25, 0.3) is 0 Å². The maximum atomic E-state index is 13.3. The number of benzene rings is 1. The number of carbonyl (C=O) groups is 1. The van der Waals surface area contributed by atoms with Crippen molar-refractivity contribution in [2.24, 2.45) is 11.7 Å². The van der Waals surface area contributed by atoms with Crippen LogP contribution in [0.3, 0.4) is 0 Å². The van der Waals surface area contributed by atoms with Gasteiger partial charge in [0.1, 0.15) is 5.82 Å². The van der Waals surface area contributed by atoms with Gasteiger partial charge in [0.05, 0.1) is 5.92 Å². The zero-order valence-corrected chi connectivity index (χ0v) is 9.66. The monoisotopic (exact) mass is 236 g/mol. The summed E-state index contributed by atoms with van der Waals surface area (Å²) in [7, 11) is 0. The number of hydrogen-bond acceptors (Lipinski definition) is 2. The van der Waals surface area contributed by atoms with Gasteiger partial charge in [-0.2, -0.15) is 0 Å². The van der Waals surface area contributed by atoms with Crippen molar-refractivity contribution in [2.45, 2.75) is 31.8 Å². The number of carbonyl (C=O) groups excluding carboxylic acids is 1. The van der Waals surface area contributed by atoms with E-state index in [1.807, 2.05) is 0 Å². The first-order chi connectivity index (χ1) is 8.18. The van der Waals surface area contributed by atoms with Crippen molar-refractivity contribution in [1.82, 2.24) is 5.32 Å². The molecule has 0 saturated heterocycles. The molecule has 0 heterocycles. The standard InChI is InChI=1S/C13H17FN2O/c14-11-6-2-1-4-9(11)8-16-13(17)10-5-3-7-12(10)15/h1-2,4,6,10,12H,3,5,7-8,15H2,(H,16,17). The summed E-state index contributed by atoms with van der Waals surface area (Å²) in [5.74, 6) is -0.455. The van der Waals surface area contributed by atoms with Crippen LogP contribution in [-0.2, 0) is 11.3 Å². The minimum atomic E-state index is -0.288. The lowest BCUT2D eigenvalue weighted by molar-refractivity contribution is -0.125. The van der Waals surface area contributed by atoms with Crippen molar-refractivity contribution in [1.29, 1.82) is 0 Å². The lowest BCUT2D eigenvalue weighted by atomic mass is 10.0. The maximum Gasteiger partial charge on any atom is 0.224 e. The molecule has 2 atom stereocenters. The molecule has 1 fully saturated rings. The number of amides is 1. The van der Waals surface area contributed by atoms with Crippen LogP contribution in [0.25, 0.3) is 0 Å². The zero-order chi connectivity index (χ0) is 12.3. The van der Waals surface area contributed by atoms with Gasteiger partial charge in [0, 0.05) is 18.2 Å². The van der Waals surface area contributed by atoms with Crippen molar-refractivity contribution < 1.29 is 9.18 Å². The van der Waals surface area contributed by atoms with Gasteiger partial charge < -0.3 is 11.1 Å². The normalized spacial score (nSPS) is 23.6. The van der Waals surface area contributed by atoms with E-state index in [2.05, 4.69) is 5.32 Å². The number of rotatable bonds is 3. The van der Waals surface area contributed by atoms with Gasteiger partial charge in [0.2, 0.25) is 5.91 Å². The van der Waals surface area contributed by atoms with Crippen molar-refractivity contribution >= 4 is 5.91 Å². The summed E-state index contributed by atoms with van der Waals surface area (Å²) in [6, 6.07) is 6.41. The van der Waals surface area contributed by atoms with E-state index >= 15 is 0 Å². The molecule has 0 radical (unpaired) electrons. The highest BCUT2D eigenvalue weighted by Gasteiger charge is 2.29. The van der Waals surface area contributed by atoms with Gasteiger partial charge >= 0.3 is 0 Å². The van der Waals surface area contributed by atoms with E-state index in [4.69, 9.17) is 5.73 Å². The Labute approximate surface area is 100 Å². The molecular formula is C13H17FN2O. The summed E-state index contributed by atoms with van der Waals surface area (Å²) in [4.78, 5) is 11.8. The molecule has 0 bridgehead atoms. The SMILES string of the molecule is NC1CCCC1C(=O)NCc1ccccc1F. The summed E-state index contributed by atoms with van der Waals surface area (Å²) in [6.07, 6.45) is 2.74. The lowest BCUT2D eigenvalue weighted by Gasteiger charge is -2.15. The quantitative estimate of drug-likeness (QED) is 0.837. The van der Waals surface area contributed by atoms with Crippen LogP contribution in [0.5, 0.6) is 0 Å². The highest BCUT2D eigenvalue weighted by atomic mass is 19.1. The second-order valence-electron chi connectivity index (χ2n) is 4.51. The van der Waals surface area contributed by atoms with Crippen LogP contribution >= 0.6 is 0 Å². The second kappa shape index (κ2) is 5.27. The minimum Gasteiger partial charge on any atom is -0.352 e. The van der Waals surface area contributed by atoms with Gasteiger partial charge in [-0.1, -0.05) is 24.6 Å². The van der Waals surface area contributed by atoms with Crippen LogP contribution in [0.1, 0.15) is 24.8 Å². The molecule has 3 nitrogen and oxygen atoms in total. The highest BCUT2D eigenvalue weighted by Crippen LogP contribution is 2.24. The average molecular weight is 236 g/mol. The Morgan fingerprint density at radius 3 is 2.82 bits per heavy atom. The van der Waals surface area contributed by atoms with Gasteiger partial charge in [-0.15, -0.1) is 0 Å². The summed E-state index contributed by atoms with van der Waals surface area (Å²) in [5, 5.41) is 2.75. The maximum absolute atomic E-state index is 13.3. The number of nitrogens with one attached hydrogen (secondary N) is 1. The zero-order valence-electron chi connectivity index (χ0n) is 9.66. The number of hydrogen-bond donors (Lipinski definition) is 2. The summed E-state index contributed by atoms with van der Waals surface area (Å²) in [6.45, 7) is 0.231. The highest BCUT2D eigenvalue weighted by molar-refractivity contribution is 5.79. The Bertz CT molecular complexity index is 408. The number of halogens is 1. The van der Waals surface area contributed by atoms with Crippen molar-refractivity contribution in [3.05, 3.63) is 35.6 Å². The van der Waals surface area contributed by atoms with Crippen LogP contribution in [-0.4, -0.2) is 11.9 Å². The van der Waals surface area contributed by atoms with Crippen LogP contribution < -0.4 is 11.1 Å². The predicted octanol–water partition coefficient (Wildman–Crippen LogP) is 1.57. The fourth-order valence-corrected chi connectivity index (χ4v) is 2.27. The molecule has 92 valence electrons. The van der Waals surface area contributed by atoms with Crippen LogP contribution in [0.2, 0.25) is 0 Å². The Hall–Kier alpha value is -1.42. The molecule has 0 spiro atoms. The van der Waals surface area contributed by atoms with Crippen molar-refractivity contribution in [3.63, 3.8) is 0 Å². The molecular weight excluding hydrogens is 219 g/mol. The molecule has 1 aromatic rings. The van der Waals surface area contributed by atoms with Crippen LogP contribution in [0.15, 0.2) is 24.3 Å². The van der Waals surface area contributed by atoms with E-state index in [0.29, 0.717) is 5.56 Å². The van der Waals surface area contributed by atoms with Gasteiger partial charge in [-0.3, -0.25) is 4.79 Å². The van der Waals surface area contributed by atoms with E-state index in [9.17, 15) is 9.18 Å². The fourth-order valence-electron chi connectivity index (χ4n) is 2.27. The Morgan fingerprint density at radius 1 is 1.41 bits per heavy atom. The molecule has 17 heavy (non-hydrogen) atoms. The molecule has 0 aromatic heterocycles. The Balaban J connectivity index is 1.90. The summed E-state index contributed by atoms with van der Waals surface area (Å²) >= 11 is 0. The Morgan fingerprint density at radius 2 is 2.18 bits per heavy atom. The molecule has 4 heteroatoms. The fraction of sp³-hybridized carbons (Fsp3) is 0.462. The van der Waals surface area contributed by atoms with Gasteiger partial charge in [-0.25, -0.2) is 4.39 Å². The topological polar surface area (TPSA) is 55.1 Å². The van der Waals surface area contributed by atoms with Crippen molar-refractivity contribution in [3.8, 4) is 0 Å². The Kier molecular flexibility index (Phi) is 3.74. The molecule has 1 aromatic carbocycles. The average Bonchev–Trinajstić information content (AvgIpc) is 2.74. The lowest BCUT2D eigenvalue weighted by Crippen LogP contribution is -2.38. The first-order valence-corrected chi connectivity index (χ1v) is 5.95. The molecule has 0 aliphatic heterocycles. The molecule has 1 saturated carbocycles. The van der Waals surface area contributed by atoms with Gasteiger partial charge in [-0.05, 0) is 18.9 Å². The second-order valence-corrected chi connectivity index (χ2v) is 4.51. The first kappa shape index (κ1) is 12.0. The van der Waals surface area contributed by atoms with E-state index in [1.54, 1.807) is 18.2 Å². The third-order valence-corrected chi connectivity index (χ3v) is 3.32. The smallest absolute Gasteiger partial charge is 0.224 e. The minimum absolute atomic E-state index is 0.0457. The molecule has 1 aliphatic carbocycles. The van der Waals surface area contributed by atoms with Gasteiger partial charge in [0.15, 0.2) is 0 Å². The molecule has 3 N–H and O–H groups in total. The largest absolute Gasteiger partial charge is 0.352 e. The van der Waals surface area contributed by atoms with Crippen LogP contribution in [0, 0.1) is 11.7 Å². The molecule has 2 unspecified atom stereocenters. The first-order valence-electron chi connectivity index (χ1n) is 5.95. The molecule has 1 amide bonds. The summed E-state index contributed by atoms with van der Waals surface area (Å²) < 4.78 is 13.3. The van der Waals surface area contributed by atoms with E-state index in [-0.39, 0.29) is 30.2 Å². The molecule has 1 aliphatic rings. The van der Waals surface area contributed by atoms with E-state index < -0.39 is 0 Å². The third-order valence-electron chi connectivity index (χ3n) is 3.32. The van der Waals surface area contributed by atoms with E-state index in [0.717, 1.165) is 19.3 Å². The predicted molar refractivity (Wildman–Crippen MR) is 63.6 cm³/mol. The van der Waals surface area contributed by atoms with Crippen LogP contribution in [0.4, 0.5) is 4.39 Å². The molecule has 2 rings (SSSR count). The number of nitrogens with two attached hydrogens (primary N) is 1.